The smallest absolute Gasteiger partial charge is 0.242 e. The molecule has 34 heavy (non-hydrogen) atoms. The van der Waals surface area contributed by atoms with Crippen LogP contribution in [0.25, 0.3) is 0 Å². The number of amides is 2. The second kappa shape index (κ2) is 16.0. The Bertz CT molecular complexity index is 857. The van der Waals surface area contributed by atoms with Crippen molar-refractivity contribution >= 4 is 29.4 Å². The Morgan fingerprint density at radius 1 is 0.971 bits per heavy atom. The molecule has 12 N–H and O–H groups in total. The fourth-order valence-electron chi connectivity index (χ4n) is 2.93. The summed E-state index contributed by atoms with van der Waals surface area (Å²) in [6.07, 6.45) is 3.61. The SMILES string of the molecule is C/C(N)=N/N=C(\N)c1ccc(CNC(=O)C(CCCCN)NC(=O)CCCCN=C(N)N)cc1. The zero-order valence-corrected chi connectivity index (χ0v) is 19.8. The summed E-state index contributed by atoms with van der Waals surface area (Å²) in [5.41, 5.74) is 29.0. The van der Waals surface area contributed by atoms with Gasteiger partial charge in [-0.3, -0.25) is 14.6 Å². The fourth-order valence-corrected chi connectivity index (χ4v) is 2.93. The Labute approximate surface area is 200 Å². The van der Waals surface area contributed by atoms with Crippen molar-refractivity contribution in [2.24, 2.45) is 43.9 Å². The average molecular weight is 475 g/mol. The first-order chi connectivity index (χ1) is 16.2. The minimum absolute atomic E-state index is 0.0307. The molecule has 0 heterocycles. The molecule has 188 valence electrons. The van der Waals surface area contributed by atoms with E-state index in [0.29, 0.717) is 56.7 Å². The molecule has 1 unspecified atom stereocenters. The summed E-state index contributed by atoms with van der Waals surface area (Å²) in [7, 11) is 0. The van der Waals surface area contributed by atoms with Crippen molar-refractivity contribution in [2.75, 3.05) is 13.1 Å². The van der Waals surface area contributed by atoms with Crippen molar-refractivity contribution in [2.45, 2.75) is 58.0 Å². The molecule has 0 saturated heterocycles. The van der Waals surface area contributed by atoms with Gasteiger partial charge in [-0.15, -0.1) is 10.2 Å². The molecule has 1 atom stereocenters. The highest BCUT2D eigenvalue weighted by Crippen LogP contribution is 2.07. The molecule has 0 spiro atoms. The molecule has 1 rings (SSSR count). The van der Waals surface area contributed by atoms with Crippen LogP contribution in [0, 0.1) is 0 Å². The number of aliphatic imine (C=N–C) groups is 1. The summed E-state index contributed by atoms with van der Waals surface area (Å²) < 4.78 is 0. The van der Waals surface area contributed by atoms with Crippen LogP contribution in [0.3, 0.4) is 0 Å². The predicted molar refractivity (Wildman–Crippen MR) is 136 cm³/mol. The van der Waals surface area contributed by atoms with Crippen molar-refractivity contribution in [3.05, 3.63) is 35.4 Å². The van der Waals surface area contributed by atoms with Gasteiger partial charge in [-0.05, 0) is 51.1 Å². The highest BCUT2D eigenvalue weighted by atomic mass is 16.2. The largest absolute Gasteiger partial charge is 0.386 e. The molecule has 0 saturated carbocycles. The van der Waals surface area contributed by atoms with E-state index < -0.39 is 6.04 Å². The molecule has 0 aliphatic rings. The quantitative estimate of drug-likeness (QED) is 0.0751. The summed E-state index contributed by atoms with van der Waals surface area (Å²) in [5.74, 6) is 0.141. The Balaban J connectivity index is 2.62. The molecule has 0 aliphatic carbocycles. The van der Waals surface area contributed by atoms with Crippen LogP contribution in [0.15, 0.2) is 39.5 Å². The minimum Gasteiger partial charge on any atom is -0.386 e. The maximum atomic E-state index is 12.8. The van der Waals surface area contributed by atoms with Crippen molar-refractivity contribution in [3.63, 3.8) is 0 Å². The molecule has 0 bridgehead atoms. The number of hydrogen-bond acceptors (Lipinski definition) is 6. The van der Waals surface area contributed by atoms with E-state index in [1.165, 1.54) is 0 Å². The molecule has 12 nitrogen and oxygen atoms in total. The van der Waals surface area contributed by atoms with Gasteiger partial charge in [0, 0.05) is 25.1 Å². The van der Waals surface area contributed by atoms with Crippen molar-refractivity contribution in [1.82, 2.24) is 10.6 Å². The van der Waals surface area contributed by atoms with Crippen LogP contribution < -0.4 is 39.3 Å². The Morgan fingerprint density at radius 2 is 1.68 bits per heavy atom. The van der Waals surface area contributed by atoms with Crippen LogP contribution in [0.5, 0.6) is 0 Å². The van der Waals surface area contributed by atoms with E-state index in [1.807, 2.05) is 12.1 Å². The lowest BCUT2D eigenvalue weighted by molar-refractivity contribution is -0.129. The minimum atomic E-state index is -0.629. The normalized spacial score (nSPS) is 12.6. The van der Waals surface area contributed by atoms with Crippen LogP contribution in [0.4, 0.5) is 0 Å². The van der Waals surface area contributed by atoms with Gasteiger partial charge in [-0.1, -0.05) is 24.3 Å². The van der Waals surface area contributed by atoms with E-state index in [2.05, 4.69) is 25.8 Å². The number of nitrogens with two attached hydrogens (primary N) is 5. The van der Waals surface area contributed by atoms with Gasteiger partial charge in [-0.2, -0.15) is 0 Å². The number of benzene rings is 1. The zero-order valence-electron chi connectivity index (χ0n) is 19.8. The van der Waals surface area contributed by atoms with Crippen LogP contribution in [-0.4, -0.2) is 48.6 Å². The second-order valence-electron chi connectivity index (χ2n) is 7.81. The van der Waals surface area contributed by atoms with Gasteiger partial charge >= 0.3 is 0 Å². The van der Waals surface area contributed by atoms with Crippen LogP contribution >= 0.6 is 0 Å². The monoisotopic (exact) mass is 474 g/mol. The molecule has 2 amide bonds. The molecule has 0 aromatic heterocycles. The van der Waals surface area contributed by atoms with Crippen molar-refractivity contribution in [1.29, 1.82) is 0 Å². The highest BCUT2D eigenvalue weighted by Gasteiger charge is 2.20. The third-order valence-electron chi connectivity index (χ3n) is 4.74. The predicted octanol–water partition coefficient (Wildman–Crippen LogP) is -0.642. The maximum absolute atomic E-state index is 12.8. The average Bonchev–Trinajstić information content (AvgIpc) is 2.80. The summed E-state index contributed by atoms with van der Waals surface area (Å²) >= 11 is 0. The third-order valence-corrected chi connectivity index (χ3v) is 4.74. The standard InChI is InChI=1S/C22H38N10O2/c1-15(24)31-32-20(25)17-10-8-16(9-11-17)14-29-21(34)18(6-2-4-12-23)30-19(33)7-3-5-13-28-22(26)27/h8-11,18H,2-7,12-14,23H2,1H3,(H2,24,31)(H2,25,32)(H,29,34)(H,30,33)(H4,26,27,28). The van der Waals surface area contributed by atoms with E-state index in [-0.39, 0.29) is 23.6 Å². The lowest BCUT2D eigenvalue weighted by Gasteiger charge is -2.18. The van der Waals surface area contributed by atoms with Crippen molar-refractivity contribution < 1.29 is 9.59 Å². The molecular weight excluding hydrogens is 436 g/mol. The number of guanidine groups is 1. The van der Waals surface area contributed by atoms with Crippen molar-refractivity contribution in [3.8, 4) is 0 Å². The number of hydrogen-bond donors (Lipinski definition) is 7. The molecule has 1 aromatic rings. The van der Waals surface area contributed by atoms with Crippen LogP contribution in [0.2, 0.25) is 0 Å². The first-order valence-electron chi connectivity index (χ1n) is 11.3. The molecular formula is C22H38N10O2. The van der Waals surface area contributed by atoms with E-state index in [9.17, 15) is 9.59 Å². The van der Waals surface area contributed by atoms with Gasteiger partial charge in [0.05, 0.1) is 0 Å². The number of nitrogens with zero attached hydrogens (tertiary/aromatic N) is 3. The first kappa shape index (κ1) is 28.4. The number of unbranched alkanes of at least 4 members (excludes halogenated alkanes) is 2. The van der Waals surface area contributed by atoms with Crippen LogP contribution in [-0.2, 0) is 16.1 Å². The van der Waals surface area contributed by atoms with Gasteiger partial charge in [0.25, 0.3) is 0 Å². The van der Waals surface area contributed by atoms with Gasteiger partial charge in [-0.25, -0.2) is 0 Å². The Morgan fingerprint density at radius 3 is 2.29 bits per heavy atom. The van der Waals surface area contributed by atoms with Gasteiger partial charge in [0.1, 0.15) is 11.9 Å². The van der Waals surface area contributed by atoms with E-state index in [1.54, 1.807) is 19.1 Å². The highest BCUT2D eigenvalue weighted by molar-refractivity contribution is 5.97. The maximum Gasteiger partial charge on any atom is 0.242 e. The molecule has 0 radical (unpaired) electrons. The Kier molecular flexibility index (Phi) is 13.4. The summed E-state index contributed by atoms with van der Waals surface area (Å²) in [4.78, 5) is 29.0. The third kappa shape index (κ3) is 12.4. The number of carbonyl (C=O) groups excluding carboxylic acids is 2. The van der Waals surface area contributed by atoms with Gasteiger partial charge < -0.3 is 39.3 Å². The fraction of sp³-hybridized carbons (Fsp3) is 0.500. The number of rotatable bonds is 15. The number of nitrogens with one attached hydrogen (secondary N) is 2. The second-order valence-corrected chi connectivity index (χ2v) is 7.81. The van der Waals surface area contributed by atoms with Gasteiger partial charge in [0.15, 0.2) is 11.8 Å². The summed E-state index contributed by atoms with van der Waals surface area (Å²) in [6, 6.07) is 6.59. The molecule has 1 aromatic carbocycles. The topological polar surface area (TPSA) is 225 Å². The summed E-state index contributed by atoms with van der Waals surface area (Å²) in [5, 5.41) is 13.3. The van der Waals surface area contributed by atoms with Gasteiger partial charge in [0.2, 0.25) is 11.8 Å². The van der Waals surface area contributed by atoms with E-state index >= 15 is 0 Å². The molecule has 0 fully saturated rings. The van der Waals surface area contributed by atoms with E-state index in [4.69, 9.17) is 28.7 Å². The summed E-state index contributed by atoms with van der Waals surface area (Å²) in [6.45, 7) is 2.91. The molecule has 12 heteroatoms. The lowest BCUT2D eigenvalue weighted by atomic mass is 10.1. The van der Waals surface area contributed by atoms with E-state index in [0.717, 1.165) is 18.4 Å². The molecule has 0 aliphatic heterocycles. The Hall–Kier alpha value is -3.67. The zero-order chi connectivity index (χ0) is 25.3. The lowest BCUT2D eigenvalue weighted by Crippen LogP contribution is -2.46. The number of carbonyl (C=O) groups is 2. The van der Waals surface area contributed by atoms with Crippen LogP contribution in [0.1, 0.15) is 56.6 Å². The first-order valence-corrected chi connectivity index (χ1v) is 11.3. The number of amidine groups is 2.